The molecule has 0 bridgehead atoms. The highest BCUT2D eigenvalue weighted by Gasteiger charge is 1.90. The molecule has 0 fully saturated rings. The Morgan fingerprint density at radius 1 is 1.50 bits per heavy atom. The van der Waals surface area contributed by atoms with Gasteiger partial charge in [-0.3, -0.25) is 4.79 Å². The van der Waals surface area contributed by atoms with Crippen molar-refractivity contribution in [2.45, 2.75) is 33.7 Å². The molecule has 1 aromatic rings. The standard InChI is InChI=1S/C7H11N3O.C3H8/c1-7(11)9-3-5-10-4-2-8-6-10;1-3-2/h2,4,6H,3,5H2,1H3,(H,9,11);3H2,1-2H3. The summed E-state index contributed by atoms with van der Waals surface area (Å²) in [6.07, 6.45) is 6.55. The molecule has 1 N–H and O–H groups in total. The molecule has 0 atom stereocenters. The van der Waals surface area contributed by atoms with Crippen LogP contribution in [0.4, 0.5) is 0 Å². The van der Waals surface area contributed by atoms with Crippen LogP contribution >= 0.6 is 0 Å². The van der Waals surface area contributed by atoms with Gasteiger partial charge in [-0.25, -0.2) is 4.98 Å². The van der Waals surface area contributed by atoms with Crippen LogP contribution in [-0.2, 0) is 11.3 Å². The summed E-state index contributed by atoms with van der Waals surface area (Å²) in [5.74, 6) is 0.00474. The molecule has 0 radical (unpaired) electrons. The van der Waals surface area contributed by atoms with Crippen LogP contribution in [0.3, 0.4) is 0 Å². The number of carbonyl (C=O) groups excluding carboxylic acids is 1. The molecule has 0 aliphatic rings. The number of rotatable bonds is 3. The summed E-state index contributed by atoms with van der Waals surface area (Å²) < 4.78 is 1.91. The number of aromatic nitrogens is 2. The van der Waals surface area contributed by atoms with E-state index in [4.69, 9.17) is 0 Å². The molecule has 14 heavy (non-hydrogen) atoms. The van der Waals surface area contributed by atoms with Crippen LogP contribution < -0.4 is 5.32 Å². The highest BCUT2D eigenvalue weighted by molar-refractivity contribution is 5.72. The van der Waals surface area contributed by atoms with Gasteiger partial charge in [0.1, 0.15) is 0 Å². The second kappa shape index (κ2) is 8.29. The fourth-order valence-electron chi connectivity index (χ4n) is 0.780. The van der Waals surface area contributed by atoms with E-state index in [0.717, 1.165) is 6.54 Å². The van der Waals surface area contributed by atoms with Crippen LogP contribution in [0.5, 0.6) is 0 Å². The van der Waals surface area contributed by atoms with E-state index < -0.39 is 0 Å². The molecule has 1 heterocycles. The number of nitrogens with zero attached hydrogens (tertiary/aromatic N) is 2. The molecule has 1 amide bonds. The lowest BCUT2D eigenvalue weighted by Gasteiger charge is -2.01. The van der Waals surface area contributed by atoms with Gasteiger partial charge in [0.05, 0.1) is 6.33 Å². The lowest BCUT2D eigenvalue weighted by atomic mass is 10.5. The molecule has 1 aromatic heterocycles. The Bertz CT molecular complexity index is 232. The van der Waals surface area contributed by atoms with Crippen molar-refractivity contribution >= 4 is 5.91 Å². The molecular weight excluding hydrogens is 178 g/mol. The maximum atomic E-state index is 10.4. The molecule has 0 saturated carbocycles. The smallest absolute Gasteiger partial charge is 0.216 e. The lowest BCUT2D eigenvalue weighted by Crippen LogP contribution is -2.23. The van der Waals surface area contributed by atoms with Gasteiger partial charge in [0.15, 0.2) is 0 Å². The van der Waals surface area contributed by atoms with Crippen LogP contribution in [0.25, 0.3) is 0 Å². The second-order valence-corrected chi connectivity index (χ2v) is 2.99. The molecule has 0 unspecified atom stereocenters. The Hall–Kier alpha value is -1.32. The summed E-state index contributed by atoms with van der Waals surface area (Å²) in [6, 6.07) is 0. The molecule has 4 nitrogen and oxygen atoms in total. The highest BCUT2D eigenvalue weighted by Crippen LogP contribution is 1.82. The maximum Gasteiger partial charge on any atom is 0.216 e. The van der Waals surface area contributed by atoms with Crippen molar-refractivity contribution in [2.24, 2.45) is 0 Å². The molecule has 0 spiro atoms. The van der Waals surface area contributed by atoms with Gasteiger partial charge in [0.25, 0.3) is 0 Å². The number of nitrogens with one attached hydrogen (secondary N) is 1. The van der Waals surface area contributed by atoms with Gasteiger partial charge < -0.3 is 9.88 Å². The summed E-state index contributed by atoms with van der Waals surface area (Å²) in [6.45, 7) is 7.19. The van der Waals surface area contributed by atoms with E-state index in [1.807, 2.05) is 10.8 Å². The number of amides is 1. The number of imidazole rings is 1. The van der Waals surface area contributed by atoms with Crippen LogP contribution in [0.1, 0.15) is 27.2 Å². The Balaban J connectivity index is 0.000000500. The normalized spacial score (nSPS) is 8.79. The van der Waals surface area contributed by atoms with Gasteiger partial charge in [-0.05, 0) is 0 Å². The number of carbonyl (C=O) groups is 1. The van der Waals surface area contributed by atoms with Crippen molar-refractivity contribution < 1.29 is 4.79 Å². The number of hydrogen-bond acceptors (Lipinski definition) is 2. The highest BCUT2D eigenvalue weighted by atomic mass is 16.1. The summed E-state index contributed by atoms with van der Waals surface area (Å²) in [7, 11) is 0. The predicted molar refractivity (Wildman–Crippen MR) is 56.9 cm³/mol. The third-order valence-corrected chi connectivity index (χ3v) is 1.30. The quantitative estimate of drug-likeness (QED) is 0.797. The third kappa shape index (κ3) is 7.34. The minimum absolute atomic E-state index is 0.00474. The van der Waals surface area contributed by atoms with Gasteiger partial charge >= 0.3 is 0 Å². The minimum atomic E-state index is 0.00474. The molecule has 0 aromatic carbocycles. The van der Waals surface area contributed by atoms with Crippen LogP contribution in [-0.4, -0.2) is 22.0 Å². The third-order valence-electron chi connectivity index (χ3n) is 1.30. The molecule has 0 aliphatic carbocycles. The first-order chi connectivity index (χ1) is 6.70. The van der Waals surface area contributed by atoms with E-state index >= 15 is 0 Å². The number of hydrogen-bond donors (Lipinski definition) is 1. The van der Waals surface area contributed by atoms with E-state index in [1.54, 1.807) is 12.5 Å². The predicted octanol–water partition coefficient (Wildman–Crippen LogP) is 1.44. The molecule has 0 aliphatic heterocycles. The van der Waals surface area contributed by atoms with Gasteiger partial charge in [0, 0.05) is 32.4 Å². The van der Waals surface area contributed by atoms with Crippen LogP contribution in [0, 0.1) is 0 Å². The van der Waals surface area contributed by atoms with Crippen molar-refractivity contribution in [3.8, 4) is 0 Å². The van der Waals surface area contributed by atoms with Crippen molar-refractivity contribution in [3.63, 3.8) is 0 Å². The second-order valence-electron chi connectivity index (χ2n) is 2.99. The fourth-order valence-corrected chi connectivity index (χ4v) is 0.780. The van der Waals surface area contributed by atoms with Crippen molar-refractivity contribution in [1.82, 2.24) is 14.9 Å². The zero-order valence-electron chi connectivity index (χ0n) is 9.16. The van der Waals surface area contributed by atoms with Crippen molar-refractivity contribution in [1.29, 1.82) is 0 Å². The first-order valence-corrected chi connectivity index (χ1v) is 4.90. The topological polar surface area (TPSA) is 46.9 Å². The zero-order chi connectivity index (χ0) is 10.8. The van der Waals surface area contributed by atoms with Crippen LogP contribution in [0.2, 0.25) is 0 Å². The zero-order valence-corrected chi connectivity index (χ0v) is 9.16. The average Bonchev–Trinajstić information content (AvgIpc) is 2.57. The Kier molecular flexibility index (Phi) is 7.50. The summed E-state index contributed by atoms with van der Waals surface area (Å²) in [5.41, 5.74) is 0. The Morgan fingerprint density at radius 3 is 2.57 bits per heavy atom. The van der Waals surface area contributed by atoms with E-state index in [9.17, 15) is 4.79 Å². The van der Waals surface area contributed by atoms with Gasteiger partial charge in [0.2, 0.25) is 5.91 Å². The lowest BCUT2D eigenvalue weighted by molar-refractivity contribution is -0.118. The molecule has 4 heteroatoms. The van der Waals surface area contributed by atoms with Crippen molar-refractivity contribution in [2.75, 3.05) is 6.54 Å². The minimum Gasteiger partial charge on any atom is -0.355 e. The van der Waals surface area contributed by atoms with Crippen LogP contribution in [0.15, 0.2) is 18.7 Å². The Labute approximate surface area is 85.3 Å². The SMILES string of the molecule is CC(=O)NCCn1ccnc1.CCC. The summed E-state index contributed by atoms with van der Waals surface area (Å²) in [4.78, 5) is 14.3. The maximum absolute atomic E-state index is 10.4. The van der Waals surface area contributed by atoms with Gasteiger partial charge in [-0.2, -0.15) is 0 Å². The molecule has 80 valence electrons. The summed E-state index contributed by atoms with van der Waals surface area (Å²) >= 11 is 0. The van der Waals surface area contributed by atoms with E-state index in [-0.39, 0.29) is 5.91 Å². The Morgan fingerprint density at radius 2 is 2.14 bits per heavy atom. The molecular formula is C10H19N3O. The monoisotopic (exact) mass is 197 g/mol. The van der Waals surface area contributed by atoms with Crippen molar-refractivity contribution in [3.05, 3.63) is 18.7 Å². The first kappa shape index (κ1) is 12.7. The summed E-state index contributed by atoms with van der Waals surface area (Å²) in [5, 5.41) is 2.70. The average molecular weight is 197 g/mol. The van der Waals surface area contributed by atoms with Gasteiger partial charge in [-0.1, -0.05) is 20.3 Å². The first-order valence-electron chi connectivity index (χ1n) is 4.90. The fraction of sp³-hybridized carbons (Fsp3) is 0.600. The molecule has 0 saturated heterocycles. The largest absolute Gasteiger partial charge is 0.355 e. The van der Waals surface area contributed by atoms with E-state index in [0.29, 0.717) is 6.54 Å². The van der Waals surface area contributed by atoms with E-state index in [1.165, 1.54) is 13.3 Å². The van der Waals surface area contributed by atoms with E-state index in [2.05, 4.69) is 24.1 Å². The van der Waals surface area contributed by atoms with Gasteiger partial charge in [-0.15, -0.1) is 0 Å². The molecule has 1 rings (SSSR count).